The Morgan fingerprint density at radius 2 is 1.83 bits per heavy atom. The first-order valence-electron chi connectivity index (χ1n) is 11.7. The number of aromatic nitrogens is 4. The van der Waals surface area contributed by atoms with Gasteiger partial charge in [-0.1, -0.05) is 13.8 Å². The fraction of sp³-hybridized carbons (Fsp3) is 0.913. The number of nitrogens with zero attached hydrogens (tertiary/aromatic N) is 4. The molecule has 1 heterocycles. The van der Waals surface area contributed by atoms with Crippen LogP contribution in [-0.4, -0.2) is 42.9 Å². The summed E-state index contributed by atoms with van der Waals surface area (Å²) in [5.41, 5.74) is -0.815. The van der Waals surface area contributed by atoms with E-state index in [1.165, 1.54) is 11.0 Å². The van der Waals surface area contributed by atoms with Crippen molar-refractivity contribution in [3.63, 3.8) is 0 Å². The maximum absolute atomic E-state index is 15.5. The number of ketones is 1. The predicted octanol–water partition coefficient (Wildman–Crippen LogP) is 3.60. The smallest absolute Gasteiger partial charge is 0.158 e. The molecule has 4 aliphatic rings. The Labute approximate surface area is 178 Å². The Kier molecular flexibility index (Phi) is 4.66. The third-order valence-electron chi connectivity index (χ3n) is 10.2. The maximum Gasteiger partial charge on any atom is 0.158 e. The Morgan fingerprint density at radius 3 is 2.57 bits per heavy atom. The summed E-state index contributed by atoms with van der Waals surface area (Å²) in [4.78, 5) is 13.2. The molecule has 0 amide bonds. The molecule has 0 aliphatic heterocycles. The monoisotopic (exact) mass is 418 g/mol. The van der Waals surface area contributed by atoms with Crippen molar-refractivity contribution in [1.82, 2.24) is 20.2 Å². The number of aliphatic hydroxyl groups is 1. The average molecular weight is 419 g/mol. The minimum Gasteiger partial charge on any atom is -0.390 e. The predicted molar refractivity (Wildman–Crippen MR) is 109 cm³/mol. The molecule has 0 radical (unpaired) electrons. The van der Waals surface area contributed by atoms with Crippen molar-refractivity contribution in [3.05, 3.63) is 6.33 Å². The molecule has 0 aromatic carbocycles. The Bertz CT molecular complexity index is 814. The molecule has 4 fully saturated rings. The van der Waals surface area contributed by atoms with Gasteiger partial charge >= 0.3 is 0 Å². The van der Waals surface area contributed by atoms with Gasteiger partial charge in [0.25, 0.3) is 0 Å². The summed E-state index contributed by atoms with van der Waals surface area (Å²) >= 11 is 0. The van der Waals surface area contributed by atoms with Gasteiger partial charge in [0.05, 0.1) is 5.60 Å². The molecule has 1 N–H and O–H groups in total. The van der Waals surface area contributed by atoms with Gasteiger partial charge in [-0.15, -0.1) is 5.10 Å². The van der Waals surface area contributed by atoms with E-state index in [-0.39, 0.29) is 35.0 Å². The lowest BCUT2D eigenvalue weighted by Crippen LogP contribution is -2.58. The molecule has 6 nitrogen and oxygen atoms in total. The van der Waals surface area contributed by atoms with Crippen molar-refractivity contribution in [2.75, 3.05) is 0 Å². The van der Waals surface area contributed by atoms with Gasteiger partial charge in [0, 0.05) is 5.92 Å². The van der Waals surface area contributed by atoms with Crippen LogP contribution in [0.4, 0.5) is 4.39 Å². The molecule has 1 aromatic rings. The number of fused-ring (bicyclic) bond motifs is 5. The molecule has 0 saturated heterocycles. The van der Waals surface area contributed by atoms with Crippen molar-refractivity contribution in [2.45, 2.75) is 90.5 Å². The zero-order valence-corrected chi connectivity index (χ0v) is 18.4. The maximum atomic E-state index is 15.5. The first kappa shape index (κ1) is 20.5. The fourth-order valence-electron chi connectivity index (χ4n) is 8.44. The van der Waals surface area contributed by atoms with E-state index in [0.717, 1.165) is 38.5 Å². The van der Waals surface area contributed by atoms with Crippen molar-refractivity contribution < 1.29 is 14.3 Å². The molecule has 5 rings (SSSR count). The average Bonchev–Trinajstić information content (AvgIpc) is 3.28. The second kappa shape index (κ2) is 6.81. The molecule has 0 spiro atoms. The molecule has 7 heteroatoms. The quantitative estimate of drug-likeness (QED) is 0.811. The van der Waals surface area contributed by atoms with E-state index >= 15 is 4.39 Å². The van der Waals surface area contributed by atoms with E-state index in [1.54, 1.807) is 0 Å². The normalized spacial score (nSPS) is 50.4. The van der Waals surface area contributed by atoms with Gasteiger partial charge in [-0.05, 0) is 103 Å². The third-order valence-corrected chi connectivity index (χ3v) is 10.2. The van der Waals surface area contributed by atoms with Crippen LogP contribution >= 0.6 is 0 Å². The molecule has 4 saturated carbocycles. The highest BCUT2D eigenvalue weighted by atomic mass is 19.1. The van der Waals surface area contributed by atoms with Crippen LogP contribution in [0.2, 0.25) is 0 Å². The standard InChI is InChI=1S/C23H35FN4O2/c1-21(30)7-4-14-15-5-8-22(2)17(20(29)12-28-13-25-26-27-28)6-9-23(22,3)18(15)10-19(24)16(14)11-21/h13-19,30H,4-12H2,1-3H3/t14-,15-,16+,17-,18-,19-,21-,22-,23+/m1/s1. The first-order valence-corrected chi connectivity index (χ1v) is 11.7. The van der Waals surface area contributed by atoms with Gasteiger partial charge in [0.15, 0.2) is 5.78 Å². The van der Waals surface area contributed by atoms with E-state index in [0.29, 0.717) is 30.6 Å². The number of tetrazole rings is 1. The van der Waals surface area contributed by atoms with Crippen LogP contribution in [0.1, 0.15) is 72.1 Å². The van der Waals surface area contributed by atoms with Gasteiger partial charge in [0.2, 0.25) is 0 Å². The van der Waals surface area contributed by atoms with Gasteiger partial charge in [-0.2, -0.15) is 0 Å². The van der Waals surface area contributed by atoms with Crippen LogP contribution in [0, 0.1) is 40.4 Å². The van der Waals surface area contributed by atoms with Gasteiger partial charge in [0.1, 0.15) is 19.0 Å². The topological polar surface area (TPSA) is 80.9 Å². The van der Waals surface area contributed by atoms with E-state index in [9.17, 15) is 9.90 Å². The summed E-state index contributed by atoms with van der Waals surface area (Å²) < 4.78 is 17.0. The lowest BCUT2D eigenvalue weighted by atomic mass is 9.43. The van der Waals surface area contributed by atoms with Crippen LogP contribution in [0.3, 0.4) is 0 Å². The van der Waals surface area contributed by atoms with Crippen molar-refractivity contribution >= 4 is 5.78 Å². The summed E-state index contributed by atoms with van der Waals surface area (Å²) in [6.07, 6.45) is 7.59. The number of carbonyl (C=O) groups is 1. The van der Waals surface area contributed by atoms with Crippen LogP contribution < -0.4 is 0 Å². The number of halogens is 1. The van der Waals surface area contributed by atoms with E-state index in [1.807, 2.05) is 6.92 Å². The minimum atomic E-state index is -0.835. The third kappa shape index (κ3) is 2.90. The highest BCUT2D eigenvalue weighted by Crippen LogP contribution is 2.70. The Balaban J connectivity index is 1.40. The Morgan fingerprint density at radius 1 is 1.10 bits per heavy atom. The summed E-state index contributed by atoms with van der Waals surface area (Å²) in [6, 6.07) is 0. The first-order chi connectivity index (χ1) is 14.1. The summed E-state index contributed by atoms with van der Waals surface area (Å²) in [7, 11) is 0. The van der Waals surface area contributed by atoms with E-state index in [4.69, 9.17) is 0 Å². The number of Topliss-reactive ketones (excluding diaryl/α,β-unsaturated/α-hetero) is 1. The zero-order chi connectivity index (χ0) is 21.3. The number of carbonyl (C=O) groups excluding carboxylic acids is 1. The van der Waals surface area contributed by atoms with E-state index < -0.39 is 11.8 Å². The molecule has 1 aromatic heterocycles. The second-order valence-corrected chi connectivity index (χ2v) is 11.5. The zero-order valence-electron chi connectivity index (χ0n) is 18.4. The summed E-state index contributed by atoms with van der Waals surface area (Å²) in [6.45, 7) is 6.74. The SMILES string of the molecule is C[C@@]1(O)CC[C@@H]2[C@H]3CC[C@]4(C)[C@@H](C(=O)Cn5cnnn5)CC[C@@]4(C)[C@@H]3C[C@@H](F)[C@H]2C1. The van der Waals surface area contributed by atoms with Crippen LogP contribution in [0.5, 0.6) is 0 Å². The number of alkyl halides is 1. The number of hydrogen-bond acceptors (Lipinski definition) is 5. The fourth-order valence-corrected chi connectivity index (χ4v) is 8.44. The van der Waals surface area contributed by atoms with Crippen LogP contribution in [-0.2, 0) is 11.3 Å². The van der Waals surface area contributed by atoms with Crippen LogP contribution in [0.25, 0.3) is 0 Å². The van der Waals surface area contributed by atoms with Crippen molar-refractivity contribution in [3.8, 4) is 0 Å². The highest BCUT2D eigenvalue weighted by Gasteiger charge is 2.65. The molecule has 0 bridgehead atoms. The molecule has 166 valence electrons. The van der Waals surface area contributed by atoms with Gasteiger partial charge in [-0.25, -0.2) is 9.07 Å². The molecule has 9 atom stereocenters. The summed E-state index contributed by atoms with van der Waals surface area (Å²) in [5, 5.41) is 21.7. The summed E-state index contributed by atoms with van der Waals surface area (Å²) in [5.74, 6) is 1.46. The highest BCUT2D eigenvalue weighted by molar-refractivity contribution is 5.82. The van der Waals surface area contributed by atoms with Crippen molar-refractivity contribution in [1.29, 1.82) is 0 Å². The van der Waals surface area contributed by atoms with Crippen molar-refractivity contribution in [2.24, 2.45) is 40.4 Å². The van der Waals surface area contributed by atoms with Gasteiger partial charge < -0.3 is 5.11 Å². The molecule has 30 heavy (non-hydrogen) atoms. The Hall–Kier alpha value is -1.37. The molecular weight excluding hydrogens is 383 g/mol. The lowest BCUT2D eigenvalue weighted by Gasteiger charge is -2.62. The minimum absolute atomic E-state index is 0.00148. The number of rotatable bonds is 3. The van der Waals surface area contributed by atoms with E-state index in [2.05, 4.69) is 29.4 Å². The lowest BCUT2D eigenvalue weighted by molar-refractivity contribution is -0.162. The number of hydrogen-bond donors (Lipinski definition) is 1. The van der Waals surface area contributed by atoms with Crippen LogP contribution in [0.15, 0.2) is 6.33 Å². The molecule has 0 unspecified atom stereocenters. The molecule has 4 aliphatic carbocycles. The van der Waals surface area contributed by atoms with Gasteiger partial charge in [-0.3, -0.25) is 4.79 Å². The second-order valence-electron chi connectivity index (χ2n) is 11.5. The largest absolute Gasteiger partial charge is 0.390 e. The molecular formula is C23H35FN4O2.